The van der Waals surface area contributed by atoms with E-state index in [1.165, 1.54) is 6.07 Å². The normalized spacial score (nSPS) is 20.5. The summed E-state index contributed by atoms with van der Waals surface area (Å²) in [6.45, 7) is 0. The van der Waals surface area contributed by atoms with Gasteiger partial charge in [0.05, 0.1) is 12.1 Å². The van der Waals surface area contributed by atoms with E-state index in [2.05, 4.69) is 25.0 Å². The Labute approximate surface area is 155 Å². The summed E-state index contributed by atoms with van der Waals surface area (Å²) < 4.78 is 110. The maximum Gasteiger partial charge on any atom is 0.453 e. The smallest absolute Gasteiger partial charge is 0.453 e. The molecule has 0 aromatic carbocycles. The maximum absolute atomic E-state index is 14.2. The molecule has 0 radical (unpaired) electrons. The monoisotopic (exact) mass is 425 g/mol. The van der Waals surface area contributed by atoms with E-state index in [-0.39, 0.29) is 16.9 Å². The highest BCUT2D eigenvalue weighted by molar-refractivity contribution is 5.59. The van der Waals surface area contributed by atoms with E-state index in [0.717, 1.165) is 12.3 Å². The molecule has 4 rings (SSSR count). The van der Waals surface area contributed by atoms with Crippen molar-refractivity contribution in [1.82, 2.24) is 24.8 Å². The van der Waals surface area contributed by atoms with Gasteiger partial charge in [0.2, 0.25) is 0 Å². The number of fused-ring (bicyclic) bond motifs is 1. The molecular formula is C15H7F8N5O. The summed E-state index contributed by atoms with van der Waals surface area (Å²) in [6.07, 6.45) is -7.53. The maximum atomic E-state index is 14.2. The number of ether oxygens (including phenoxy) is 1. The molecule has 1 saturated carbocycles. The fourth-order valence-electron chi connectivity index (χ4n) is 2.62. The summed E-state index contributed by atoms with van der Waals surface area (Å²) >= 11 is 0. The van der Waals surface area contributed by atoms with E-state index in [4.69, 9.17) is 0 Å². The Bertz CT molecular complexity index is 1100. The number of pyridine rings is 1. The largest absolute Gasteiger partial charge is 0.465 e. The van der Waals surface area contributed by atoms with Gasteiger partial charge in [-0.25, -0.2) is 9.37 Å². The molecule has 0 aliphatic heterocycles. The van der Waals surface area contributed by atoms with Gasteiger partial charge in [-0.05, 0) is 18.2 Å². The lowest BCUT2D eigenvalue weighted by atomic mass is 9.85. The van der Waals surface area contributed by atoms with Crippen LogP contribution in [0.1, 0.15) is 12.2 Å². The minimum Gasteiger partial charge on any atom is -0.465 e. The quantitative estimate of drug-likeness (QED) is 0.598. The lowest BCUT2D eigenvalue weighted by Gasteiger charge is -2.42. The molecule has 1 atom stereocenters. The summed E-state index contributed by atoms with van der Waals surface area (Å²) in [6, 6.07) is 3.06. The molecule has 29 heavy (non-hydrogen) atoms. The van der Waals surface area contributed by atoms with Crippen LogP contribution in [0.3, 0.4) is 0 Å². The number of nitrogens with zero attached hydrogens (tertiary/aromatic N) is 5. The van der Waals surface area contributed by atoms with Crippen molar-refractivity contribution in [3.8, 4) is 17.1 Å². The predicted octanol–water partition coefficient (Wildman–Crippen LogP) is 3.77. The van der Waals surface area contributed by atoms with Gasteiger partial charge in [0.15, 0.2) is 17.6 Å². The number of rotatable bonds is 3. The van der Waals surface area contributed by atoms with Crippen molar-refractivity contribution in [1.29, 1.82) is 0 Å². The highest BCUT2D eigenvalue weighted by Gasteiger charge is 2.73. The lowest BCUT2D eigenvalue weighted by Crippen LogP contribution is -2.64. The summed E-state index contributed by atoms with van der Waals surface area (Å²) in [5.41, 5.74) is -0.506. The van der Waals surface area contributed by atoms with Crippen LogP contribution in [-0.4, -0.2) is 42.7 Å². The minimum atomic E-state index is -4.84. The van der Waals surface area contributed by atoms with Gasteiger partial charge in [-0.1, -0.05) is 0 Å². The Kier molecular flexibility index (Phi) is 3.96. The Hall–Kier alpha value is -3.06. The van der Waals surface area contributed by atoms with E-state index in [9.17, 15) is 35.1 Å². The van der Waals surface area contributed by atoms with Crippen LogP contribution in [-0.2, 0) is 6.18 Å². The molecule has 14 heteroatoms. The second kappa shape index (κ2) is 5.97. The molecule has 0 amide bonds. The average Bonchev–Trinajstić information content (AvgIpc) is 3.06. The van der Waals surface area contributed by atoms with Crippen molar-refractivity contribution in [2.75, 3.05) is 0 Å². The van der Waals surface area contributed by atoms with Crippen LogP contribution in [0.15, 0.2) is 24.4 Å². The molecule has 154 valence electrons. The molecule has 1 unspecified atom stereocenters. The summed E-state index contributed by atoms with van der Waals surface area (Å²) in [5.74, 6) is -12.4. The van der Waals surface area contributed by atoms with Gasteiger partial charge >= 0.3 is 18.0 Å². The Balaban J connectivity index is 1.63. The van der Waals surface area contributed by atoms with Crippen LogP contribution in [0.4, 0.5) is 35.1 Å². The van der Waals surface area contributed by atoms with Crippen molar-refractivity contribution in [3.05, 3.63) is 36.0 Å². The first-order valence-electron chi connectivity index (χ1n) is 7.78. The second-order valence-electron chi connectivity index (χ2n) is 6.16. The van der Waals surface area contributed by atoms with Gasteiger partial charge in [0.1, 0.15) is 0 Å². The van der Waals surface area contributed by atoms with Crippen LogP contribution in [0, 0.1) is 5.82 Å². The molecule has 1 fully saturated rings. The van der Waals surface area contributed by atoms with Crippen molar-refractivity contribution in [3.63, 3.8) is 0 Å². The first kappa shape index (κ1) is 19.3. The molecule has 0 spiro atoms. The summed E-state index contributed by atoms with van der Waals surface area (Å²) in [4.78, 5) is 3.45. The molecule has 3 heterocycles. The van der Waals surface area contributed by atoms with E-state index < -0.39 is 48.1 Å². The third-order valence-corrected chi connectivity index (χ3v) is 4.21. The number of hydrogen-bond donors (Lipinski definition) is 0. The van der Waals surface area contributed by atoms with Gasteiger partial charge in [-0.3, -0.25) is 0 Å². The average molecular weight is 425 g/mol. The van der Waals surface area contributed by atoms with E-state index in [0.29, 0.717) is 10.6 Å². The van der Waals surface area contributed by atoms with Crippen LogP contribution in [0.25, 0.3) is 16.9 Å². The zero-order valence-electron chi connectivity index (χ0n) is 13.8. The third-order valence-electron chi connectivity index (χ3n) is 4.21. The minimum absolute atomic E-state index is 0.121. The Morgan fingerprint density at radius 1 is 1.10 bits per heavy atom. The topological polar surface area (TPSA) is 65.2 Å². The van der Waals surface area contributed by atoms with Gasteiger partial charge in [0, 0.05) is 11.8 Å². The lowest BCUT2D eigenvalue weighted by molar-refractivity contribution is -0.324. The van der Waals surface area contributed by atoms with Crippen molar-refractivity contribution < 1.29 is 39.9 Å². The van der Waals surface area contributed by atoms with Crippen LogP contribution < -0.4 is 4.74 Å². The second-order valence-corrected chi connectivity index (χ2v) is 6.16. The van der Waals surface area contributed by atoms with E-state index >= 15 is 0 Å². The van der Waals surface area contributed by atoms with Crippen molar-refractivity contribution >= 4 is 5.65 Å². The standard InChI is InChI=1S/C15H7F8N5O/c16-7-3-6(5-24-11(7)29-9-4-13(17,18)14(9,19)20)8-1-2-10-25-26-12(15(21,22)23)28(10)27-8/h1-3,5,9H,4H2. The predicted molar refractivity (Wildman–Crippen MR) is 77.9 cm³/mol. The van der Waals surface area contributed by atoms with Crippen molar-refractivity contribution in [2.45, 2.75) is 30.5 Å². The molecule has 6 nitrogen and oxygen atoms in total. The third kappa shape index (κ3) is 3.02. The molecule has 1 aliphatic carbocycles. The zero-order valence-corrected chi connectivity index (χ0v) is 13.8. The fourth-order valence-corrected chi connectivity index (χ4v) is 2.62. The van der Waals surface area contributed by atoms with Crippen molar-refractivity contribution in [2.24, 2.45) is 0 Å². The van der Waals surface area contributed by atoms with Gasteiger partial charge < -0.3 is 4.74 Å². The first-order valence-corrected chi connectivity index (χ1v) is 7.78. The van der Waals surface area contributed by atoms with Gasteiger partial charge in [0.25, 0.3) is 11.7 Å². The molecule has 3 aromatic rings. The highest BCUT2D eigenvalue weighted by atomic mass is 19.4. The van der Waals surface area contributed by atoms with Crippen LogP contribution in [0.5, 0.6) is 5.88 Å². The molecular weight excluding hydrogens is 418 g/mol. The Morgan fingerprint density at radius 2 is 1.83 bits per heavy atom. The summed E-state index contributed by atoms with van der Waals surface area (Å²) in [7, 11) is 0. The number of alkyl halides is 7. The molecule has 0 bridgehead atoms. The SMILES string of the molecule is Fc1cc(-c2ccc3nnc(C(F)(F)F)n3n2)cnc1OC1CC(F)(F)C1(F)F. The van der Waals surface area contributed by atoms with E-state index in [1.807, 2.05) is 0 Å². The number of aromatic nitrogens is 5. The van der Waals surface area contributed by atoms with Gasteiger partial charge in [-0.15, -0.1) is 10.2 Å². The molecule has 1 aliphatic rings. The number of hydrogen-bond acceptors (Lipinski definition) is 5. The molecule has 0 N–H and O–H groups in total. The summed E-state index contributed by atoms with van der Waals surface area (Å²) in [5, 5.41) is 9.98. The fraction of sp³-hybridized carbons (Fsp3) is 0.333. The first-order chi connectivity index (χ1) is 13.4. The van der Waals surface area contributed by atoms with Crippen LogP contribution in [0.2, 0.25) is 0 Å². The Morgan fingerprint density at radius 3 is 2.41 bits per heavy atom. The zero-order chi connectivity index (χ0) is 21.2. The van der Waals surface area contributed by atoms with Gasteiger partial charge in [-0.2, -0.15) is 40.3 Å². The van der Waals surface area contributed by atoms with E-state index in [1.54, 1.807) is 0 Å². The molecule has 0 saturated heterocycles. The molecule has 3 aromatic heterocycles. The highest BCUT2D eigenvalue weighted by Crippen LogP contribution is 2.52. The van der Waals surface area contributed by atoms with Crippen LogP contribution >= 0.6 is 0 Å². The number of halogens is 8.